The molecule has 372 valence electrons. The van der Waals surface area contributed by atoms with Crippen LogP contribution in [0.2, 0.25) is 0 Å². The minimum absolute atomic E-state index is 0.0982. The number of amides is 2. The van der Waals surface area contributed by atoms with Crippen LogP contribution in [0.4, 0.5) is 64.9 Å². The van der Waals surface area contributed by atoms with Crippen LogP contribution in [0.1, 0.15) is 56.8 Å². The first kappa shape index (κ1) is 49.5. The standard InChI is InChI=1S/C52H50F3N15O2S/c1-29-7-8-33(66-50(72)43-11-12-44(73-43)51(2,3)4)22-39(29)67-48-38(41-25-46(69-57)64-28-62-41)20-31(26-60-48)36-10-9-34(23-42(36)68-47-37(6-5-13-59-47)40-24-45(56)63-27-61-40)65-49(71)30-18-32(52(53,54)55)21-35(19-30)70-16-14-58-15-17-70/h5-13,18-28,58H,14-17,57H2,1-4H3,(H,59,68)(H,60,67)(H,65,71)(H,66,72)(H2,56,61,63)(H,62,64,69). The van der Waals surface area contributed by atoms with Crippen molar-refractivity contribution >= 4 is 74.9 Å². The van der Waals surface area contributed by atoms with Crippen LogP contribution in [-0.2, 0) is 11.6 Å². The van der Waals surface area contributed by atoms with E-state index in [0.717, 1.165) is 22.6 Å². The number of rotatable bonds is 13. The largest absolute Gasteiger partial charge is 0.416 e. The summed E-state index contributed by atoms with van der Waals surface area (Å²) in [5, 5.41) is 15.9. The molecule has 2 amide bonds. The summed E-state index contributed by atoms with van der Waals surface area (Å²) in [5.74, 6) is 6.17. The number of nitrogens with one attached hydrogen (secondary N) is 6. The van der Waals surface area contributed by atoms with E-state index in [1.165, 1.54) is 30.1 Å². The second kappa shape index (κ2) is 20.7. The third-order valence-electron chi connectivity index (χ3n) is 11.9. The maximum Gasteiger partial charge on any atom is 0.416 e. The lowest BCUT2D eigenvalue weighted by atomic mass is 9.95. The van der Waals surface area contributed by atoms with Gasteiger partial charge in [0.1, 0.15) is 35.9 Å². The van der Waals surface area contributed by atoms with Gasteiger partial charge in [0.15, 0.2) is 0 Å². The Hall–Kier alpha value is -8.53. The topological polar surface area (TPSA) is 239 Å². The molecule has 0 atom stereocenters. The molecule has 5 aromatic heterocycles. The van der Waals surface area contributed by atoms with E-state index in [4.69, 9.17) is 16.6 Å². The molecule has 0 aliphatic carbocycles. The van der Waals surface area contributed by atoms with Gasteiger partial charge in [-0.15, -0.1) is 11.3 Å². The van der Waals surface area contributed by atoms with Crippen molar-refractivity contribution in [1.82, 2.24) is 35.2 Å². The number of nitrogens with zero attached hydrogens (tertiary/aromatic N) is 7. The van der Waals surface area contributed by atoms with Crippen LogP contribution in [-0.4, -0.2) is 67.9 Å². The van der Waals surface area contributed by atoms with Crippen molar-refractivity contribution in [2.45, 2.75) is 39.3 Å². The Bertz CT molecular complexity index is 3350. The number of nitrogen functional groups attached to an aromatic ring is 2. The molecule has 0 saturated carbocycles. The van der Waals surface area contributed by atoms with E-state index in [-0.39, 0.29) is 28.4 Å². The fourth-order valence-electron chi connectivity index (χ4n) is 8.06. The number of aryl methyl sites for hydroxylation is 1. The lowest BCUT2D eigenvalue weighted by Crippen LogP contribution is -2.43. The van der Waals surface area contributed by atoms with Gasteiger partial charge in [0.2, 0.25) is 0 Å². The number of carbonyl (C=O) groups is 2. The predicted molar refractivity (Wildman–Crippen MR) is 281 cm³/mol. The summed E-state index contributed by atoms with van der Waals surface area (Å²) in [6.45, 7) is 10.4. The van der Waals surface area contributed by atoms with Gasteiger partial charge in [0.25, 0.3) is 11.8 Å². The molecule has 3 aromatic carbocycles. The quantitative estimate of drug-likeness (QED) is 0.0396. The molecule has 1 fully saturated rings. The van der Waals surface area contributed by atoms with Crippen LogP contribution in [0.5, 0.6) is 0 Å². The molecule has 1 aliphatic rings. The van der Waals surface area contributed by atoms with Crippen LogP contribution in [0.25, 0.3) is 33.6 Å². The van der Waals surface area contributed by atoms with Crippen LogP contribution >= 0.6 is 11.3 Å². The van der Waals surface area contributed by atoms with Crippen molar-refractivity contribution in [1.29, 1.82) is 0 Å². The summed E-state index contributed by atoms with van der Waals surface area (Å²) in [5.41, 5.74) is 13.7. The number of alkyl halides is 3. The number of nitrogens with two attached hydrogens (primary N) is 2. The number of hydrazine groups is 1. The zero-order valence-corrected chi connectivity index (χ0v) is 40.8. The molecule has 9 rings (SSSR count). The van der Waals surface area contributed by atoms with Gasteiger partial charge in [-0.1, -0.05) is 32.9 Å². The molecule has 0 bridgehead atoms. The first-order chi connectivity index (χ1) is 35.0. The van der Waals surface area contributed by atoms with Crippen molar-refractivity contribution < 1.29 is 22.8 Å². The Morgan fingerprint density at radius 1 is 0.712 bits per heavy atom. The number of carbonyl (C=O) groups excluding carboxylic acids is 2. The summed E-state index contributed by atoms with van der Waals surface area (Å²) >= 11 is 1.45. The van der Waals surface area contributed by atoms with E-state index in [1.807, 2.05) is 48.2 Å². The van der Waals surface area contributed by atoms with Gasteiger partial charge in [0, 0.05) is 112 Å². The Balaban J connectivity index is 1.11. The number of hydrogen-bond acceptors (Lipinski definition) is 16. The molecular formula is C52H50F3N15O2S. The highest BCUT2D eigenvalue weighted by Gasteiger charge is 2.33. The van der Waals surface area contributed by atoms with Crippen LogP contribution in [0.15, 0.2) is 122 Å². The van der Waals surface area contributed by atoms with E-state index in [2.05, 4.69) is 77.7 Å². The minimum Gasteiger partial charge on any atom is -0.384 e. The Morgan fingerprint density at radius 3 is 2.14 bits per heavy atom. The number of anilines is 9. The first-order valence-corrected chi connectivity index (χ1v) is 23.8. The summed E-state index contributed by atoms with van der Waals surface area (Å²) in [4.78, 5) is 57.8. The third kappa shape index (κ3) is 11.5. The molecular weight excluding hydrogens is 956 g/mol. The fraction of sp³-hybridized carbons (Fsp3) is 0.192. The Morgan fingerprint density at radius 2 is 1.41 bits per heavy atom. The van der Waals surface area contributed by atoms with Gasteiger partial charge >= 0.3 is 6.18 Å². The zero-order valence-electron chi connectivity index (χ0n) is 40.0. The van der Waals surface area contributed by atoms with Crippen molar-refractivity contribution in [3.05, 3.63) is 149 Å². The molecule has 0 radical (unpaired) electrons. The molecule has 10 N–H and O–H groups in total. The molecule has 1 saturated heterocycles. The van der Waals surface area contributed by atoms with Crippen molar-refractivity contribution in [2.75, 3.05) is 63.5 Å². The van der Waals surface area contributed by atoms with E-state index in [0.29, 0.717) is 105 Å². The van der Waals surface area contributed by atoms with E-state index in [1.54, 1.807) is 54.9 Å². The van der Waals surface area contributed by atoms with Gasteiger partial charge in [-0.25, -0.2) is 35.7 Å². The molecule has 1 aliphatic heterocycles. The Labute approximate surface area is 422 Å². The monoisotopic (exact) mass is 1010 g/mol. The van der Waals surface area contributed by atoms with Gasteiger partial charge < -0.3 is 42.6 Å². The smallest absolute Gasteiger partial charge is 0.384 e. The normalized spacial score (nSPS) is 12.8. The summed E-state index contributed by atoms with van der Waals surface area (Å²) in [7, 11) is 0. The summed E-state index contributed by atoms with van der Waals surface area (Å²) < 4.78 is 42.9. The van der Waals surface area contributed by atoms with Crippen molar-refractivity contribution in [3.8, 4) is 33.6 Å². The zero-order chi connectivity index (χ0) is 51.4. The van der Waals surface area contributed by atoms with E-state index < -0.39 is 17.6 Å². The minimum atomic E-state index is -4.69. The third-order valence-corrected chi connectivity index (χ3v) is 13.4. The van der Waals surface area contributed by atoms with E-state index >= 15 is 0 Å². The van der Waals surface area contributed by atoms with Gasteiger partial charge in [-0.05, 0) is 90.7 Å². The average Bonchev–Trinajstić information content (AvgIpc) is 3.90. The summed E-state index contributed by atoms with van der Waals surface area (Å²) in [6.07, 6.45) is 1.26. The molecule has 73 heavy (non-hydrogen) atoms. The average molecular weight is 1010 g/mol. The van der Waals surface area contributed by atoms with Crippen LogP contribution < -0.4 is 48.5 Å². The fourth-order valence-corrected chi connectivity index (χ4v) is 9.02. The van der Waals surface area contributed by atoms with Gasteiger partial charge in [-0.2, -0.15) is 13.2 Å². The highest BCUT2D eigenvalue weighted by Crippen LogP contribution is 2.40. The van der Waals surface area contributed by atoms with Gasteiger partial charge in [-0.3, -0.25) is 9.59 Å². The lowest BCUT2D eigenvalue weighted by Gasteiger charge is -2.30. The highest BCUT2D eigenvalue weighted by atomic mass is 32.1. The van der Waals surface area contributed by atoms with Crippen molar-refractivity contribution in [3.63, 3.8) is 0 Å². The maximum atomic E-state index is 14.3. The second-order valence-corrected chi connectivity index (χ2v) is 19.2. The molecule has 21 heteroatoms. The lowest BCUT2D eigenvalue weighted by molar-refractivity contribution is -0.137. The molecule has 17 nitrogen and oxygen atoms in total. The Kier molecular flexibility index (Phi) is 14.0. The molecule has 0 unspecified atom stereocenters. The number of halogens is 3. The molecule has 6 heterocycles. The van der Waals surface area contributed by atoms with Gasteiger partial charge in [0.05, 0.1) is 21.8 Å². The molecule has 8 aromatic rings. The number of piperazine rings is 1. The number of pyridine rings is 2. The second-order valence-electron chi connectivity index (χ2n) is 18.1. The predicted octanol–water partition coefficient (Wildman–Crippen LogP) is 10.0. The molecule has 0 spiro atoms. The maximum absolute atomic E-state index is 14.3. The SMILES string of the molecule is Cc1ccc(NC(=O)c2ccc(C(C)(C)C)s2)cc1Nc1ncc(-c2ccc(NC(=O)c3cc(N4CCNCC4)cc(C(F)(F)F)c3)cc2Nc2ncccc2-c2cc(N)ncn2)cc1-c1cc(NN)ncn1. The van der Waals surface area contributed by atoms with Crippen molar-refractivity contribution in [2.24, 2.45) is 5.84 Å². The van der Waals surface area contributed by atoms with Crippen LogP contribution in [0.3, 0.4) is 0 Å². The number of hydrogen-bond donors (Lipinski definition) is 8. The van der Waals surface area contributed by atoms with Crippen LogP contribution in [0, 0.1) is 6.92 Å². The number of benzene rings is 3. The number of aromatic nitrogens is 6. The van der Waals surface area contributed by atoms with E-state index in [9.17, 15) is 22.8 Å². The number of thiophene rings is 1. The summed E-state index contributed by atoms with van der Waals surface area (Å²) in [6, 6.07) is 26.5. The first-order valence-electron chi connectivity index (χ1n) is 23.0. The highest BCUT2D eigenvalue weighted by molar-refractivity contribution is 7.14.